The van der Waals surface area contributed by atoms with E-state index >= 15 is 0 Å². The Kier molecular flexibility index (Phi) is 4.59. The number of amides is 2. The fourth-order valence-corrected chi connectivity index (χ4v) is 1.87. The molecule has 16 heavy (non-hydrogen) atoms. The maximum Gasteiger partial charge on any atom is 0.315 e. The highest BCUT2D eigenvalue weighted by Crippen LogP contribution is 2.17. The van der Waals surface area contributed by atoms with Crippen molar-refractivity contribution < 1.29 is 9.90 Å². The number of aliphatic hydroxyl groups excluding tert-OH is 1. The third kappa shape index (κ3) is 4.00. The largest absolute Gasteiger partial charge is 0.391 e. The van der Waals surface area contributed by atoms with E-state index in [1.54, 1.807) is 6.92 Å². The van der Waals surface area contributed by atoms with Crippen molar-refractivity contribution in [2.24, 2.45) is 0 Å². The van der Waals surface area contributed by atoms with Gasteiger partial charge in [0.05, 0.1) is 11.6 Å². The van der Waals surface area contributed by atoms with Crippen LogP contribution in [0.25, 0.3) is 0 Å². The van der Waals surface area contributed by atoms with Crippen molar-refractivity contribution in [2.75, 3.05) is 0 Å². The number of carbonyl (C=O) groups is 1. The third-order valence-electron chi connectivity index (χ3n) is 3.42. The number of carbonyl (C=O) groups excluding carboxylic acids is 1. The van der Waals surface area contributed by atoms with Crippen LogP contribution in [0.4, 0.5) is 4.79 Å². The summed E-state index contributed by atoms with van der Waals surface area (Å²) in [5, 5.41) is 15.3. The Balaban J connectivity index is 2.34. The normalized spacial score (nSPS) is 20.2. The summed E-state index contributed by atoms with van der Waals surface area (Å²) in [6, 6.07) is 0.136. The Morgan fingerprint density at radius 1 is 1.31 bits per heavy atom. The summed E-state index contributed by atoms with van der Waals surface area (Å²) < 4.78 is 0. The van der Waals surface area contributed by atoms with E-state index in [2.05, 4.69) is 10.6 Å². The summed E-state index contributed by atoms with van der Waals surface area (Å²) in [7, 11) is 0. The van der Waals surface area contributed by atoms with Gasteiger partial charge in [-0.15, -0.1) is 0 Å². The van der Waals surface area contributed by atoms with Gasteiger partial charge < -0.3 is 15.7 Å². The second-order valence-electron chi connectivity index (χ2n) is 5.33. The molecule has 0 aromatic rings. The summed E-state index contributed by atoms with van der Waals surface area (Å²) in [5.41, 5.74) is -0.585. The average molecular weight is 228 g/mol. The van der Waals surface area contributed by atoms with Crippen LogP contribution < -0.4 is 10.6 Å². The molecule has 0 bridgehead atoms. The number of nitrogens with one attached hydrogen (secondary N) is 2. The predicted molar refractivity (Wildman–Crippen MR) is 64.3 cm³/mol. The zero-order valence-electron chi connectivity index (χ0n) is 10.5. The Morgan fingerprint density at radius 2 is 1.88 bits per heavy atom. The molecule has 4 heteroatoms. The van der Waals surface area contributed by atoms with Crippen LogP contribution in [0.1, 0.15) is 52.9 Å². The number of rotatable bonds is 3. The molecular weight excluding hydrogens is 204 g/mol. The molecule has 0 heterocycles. The molecule has 1 aliphatic rings. The molecule has 0 radical (unpaired) electrons. The van der Waals surface area contributed by atoms with E-state index in [9.17, 15) is 9.90 Å². The maximum absolute atomic E-state index is 11.7. The summed E-state index contributed by atoms with van der Waals surface area (Å²) in [4.78, 5) is 11.7. The number of hydrogen-bond donors (Lipinski definition) is 3. The lowest BCUT2D eigenvalue weighted by atomic mass is 9.95. The molecular formula is C12H24N2O2. The van der Waals surface area contributed by atoms with Crippen LogP contribution in [0.5, 0.6) is 0 Å². The van der Waals surface area contributed by atoms with E-state index in [1.165, 1.54) is 19.3 Å². The molecule has 0 aliphatic heterocycles. The Bertz CT molecular complexity index is 233. The van der Waals surface area contributed by atoms with Crippen LogP contribution in [0.3, 0.4) is 0 Å². The topological polar surface area (TPSA) is 61.4 Å². The number of aliphatic hydroxyl groups is 1. The van der Waals surface area contributed by atoms with Gasteiger partial charge in [0.2, 0.25) is 0 Å². The smallest absolute Gasteiger partial charge is 0.315 e. The zero-order chi connectivity index (χ0) is 12.2. The molecule has 1 saturated carbocycles. The summed E-state index contributed by atoms with van der Waals surface area (Å²) in [5.74, 6) is 0. The van der Waals surface area contributed by atoms with E-state index in [0.29, 0.717) is 6.04 Å². The molecule has 0 spiro atoms. The summed E-state index contributed by atoms with van der Waals surface area (Å²) >= 11 is 0. The first-order chi connectivity index (χ1) is 7.42. The first-order valence-corrected chi connectivity index (χ1v) is 6.18. The lowest BCUT2D eigenvalue weighted by molar-refractivity contribution is 0.101. The Hall–Kier alpha value is -0.770. The standard InChI is InChI=1S/C12H24N2O2/c1-9(15)12(2,3)14-11(16)13-10-7-5-4-6-8-10/h9-10,15H,4-8H2,1-3H3,(H2,13,14,16). The fraction of sp³-hybridized carbons (Fsp3) is 0.917. The van der Waals surface area contributed by atoms with Crippen LogP contribution >= 0.6 is 0 Å². The van der Waals surface area contributed by atoms with E-state index in [-0.39, 0.29) is 6.03 Å². The molecule has 0 aromatic heterocycles. The molecule has 1 fully saturated rings. The van der Waals surface area contributed by atoms with Crippen molar-refractivity contribution in [1.29, 1.82) is 0 Å². The molecule has 1 rings (SSSR count). The van der Waals surface area contributed by atoms with E-state index in [1.807, 2.05) is 13.8 Å². The van der Waals surface area contributed by atoms with Crippen molar-refractivity contribution in [3.05, 3.63) is 0 Å². The van der Waals surface area contributed by atoms with Crippen LogP contribution in [0, 0.1) is 0 Å². The van der Waals surface area contributed by atoms with Crippen molar-refractivity contribution in [2.45, 2.75) is 70.6 Å². The Labute approximate surface area is 97.8 Å². The number of hydrogen-bond acceptors (Lipinski definition) is 2. The SMILES string of the molecule is CC(O)C(C)(C)NC(=O)NC1CCCCC1. The quantitative estimate of drug-likeness (QED) is 0.689. The minimum absolute atomic E-state index is 0.169. The van der Waals surface area contributed by atoms with Crippen molar-refractivity contribution in [1.82, 2.24) is 10.6 Å². The number of urea groups is 1. The van der Waals surface area contributed by atoms with E-state index in [0.717, 1.165) is 12.8 Å². The molecule has 1 aliphatic carbocycles. The van der Waals surface area contributed by atoms with Gasteiger partial charge in [0, 0.05) is 6.04 Å². The van der Waals surface area contributed by atoms with Gasteiger partial charge in [0.15, 0.2) is 0 Å². The molecule has 1 unspecified atom stereocenters. The van der Waals surface area contributed by atoms with Gasteiger partial charge in [-0.05, 0) is 33.6 Å². The molecule has 3 N–H and O–H groups in total. The highest BCUT2D eigenvalue weighted by atomic mass is 16.3. The van der Waals surface area contributed by atoms with Crippen molar-refractivity contribution in [3.8, 4) is 0 Å². The highest BCUT2D eigenvalue weighted by Gasteiger charge is 2.27. The van der Waals surface area contributed by atoms with Crippen LogP contribution in [0.15, 0.2) is 0 Å². The molecule has 94 valence electrons. The highest BCUT2D eigenvalue weighted by molar-refractivity contribution is 5.75. The molecule has 4 nitrogen and oxygen atoms in total. The van der Waals surface area contributed by atoms with E-state index in [4.69, 9.17) is 0 Å². The van der Waals surface area contributed by atoms with Gasteiger partial charge >= 0.3 is 6.03 Å². The predicted octanol–water partition coefficient (Wildman–Crippen LogP) is 1.78. The second kappa shape index (κ2) is 5.53. The molecule has 2 amide bonds. The van der Waals surface area contributed by atoms with Gasteiger partial charge in [-0.2, -0.15) is 0 Å². The average Bonchev–Trinajstić information content (AvgIpc) is 2.17. The van der Waals surface area contributed by atoms with Crippen LogP contribution in [-0.4, -0.2) is 28.8 Å². The third-order valence-corrected chi connectivity index (χ3v) is 3.42. The van der Waals surface area contributed by atoms with Crippen LogP contribution in [-0.2, 0) is 0 Å². The lowest BCUT2D eigenvalue weighted by Gasteiger charge is -2.31. The summed E-state index contributed by atoms with van der Waals surface area (Å²) in [6.07, 6.45) is 5.25. The first kappa shape index (κ1) is 13.3. The molecule has 0 saturated heterocycles. The molecule has 0 aromatic carbocycles. The van der Waals surface area contributed by atoms with Crippen molar-refractivity contribution >= 4 is 6.03 Å². The van der Waals surface area contributed by atoms with Crippen LogP contribution in [0.2, 0.25) is 0 Å². The van der Waals surface area contributed by atoms with Crippen molar-refractivity contribution in [3.63, 3.8) is 0 Å². The monoisotopic (exact) mass is 228 g/mol. The minimum atomic E-state index is -0.585. The second-order valence-corrected chi connectivity index (χ2v) is 5.33. The van der Waals surface area contributed by atoms with Gasteiger partial charge in [-0.25, -0.2) is 4.79 Å². The van der Waals surface area contributed by atoms with Gasteiger partial charge in [-0.3, -0.25) is 0 Å². The zero-order valence-corrected chi connectivity index (χ0v) is 10.5. The van der Waals surface area contributed by atoms with Gasteiger partial charge in [-0.1, -0.05) is 19.3 Å². The fourth-order valence-electron chi connectivity index (χ4n) is 1.87. The van der Waals surface area contributed by atoms with Gasteiger partial charge in [0.25, 0.3) is 0 Å². The minimum Gasteiger partial charge on any atom is -0.391 e. The lowest BCUT2D eigenvalue weighted by Crippen LogP contribution is -2.55. The first-order valence-electron chi connectivity index (χ1n) is 6.18. The maximum atomic E-state index is 11.7. The molecule has 1 atom stereocenters. The Morgan fingerprint density at radius 3 is 2.38 bits per heavy atom. The van der Waals surface area contributed by atoms with Gasteiger partial charge in [0.1, 0.15) is 0 Å². The van der Waals surface area contributed by atoms with E-state index < -0.39 is 11.6 Å². The summed E-state index contributed by atoms with van der Waals surface area (Å²) in [6.45, 7) is 5.32.